The maximum absolute atomic E-state index is 12.0. The highest BCUT2D eigenvalue weighted by molar-refractivity contribution is 6.39. The molecule has 0 bridgehead atoms. The van der Waals surface area contributed by atoms with E-state index in [1.165, 1.54) is 0 Å². The molecule has 0 aliphatic carbocycles. The molecule has 0 saturated heterocycles. The number of aromatic amines is 1. The van der Waals surface area contributed by atoms with Crippen LogP contribution in [0.25, 0.3) is 10.9 Å². The van der Waals surface area contributed by atoms with E-state index in [9.17, 15) is 9.59 Å². The summed E-state index contributed by atoms with van der Waals surface area (Å²) in [5, 5.41) is 6.30. The van der Waals surface area contributed by atoms with E-state index in [2.05, 4.69) is 15.6 Å². The Balaban J connectivity index is 1.55. The fourth-order valence-electron chi connectivity index (χ4n) is 2.69. The lowest BCUT2D eigenvalue weighted by atomic mass is 10.1. The minimum absolute atomic E-state index is 0.372. The molecule has 3 rings (SSSR count). The third-order valence-corrected chi connectivity index (χ3v) is 4.02. The third-order valence-electron chi connectivity index (χ3n) is 4.02. The lowest BCUT2D eigenvalue weighted by Crippen LogP contribution is -2.36. The van der Waals surface area contributed by atoms with Gasteiger partial charge in [-0.05, 0) is 42.7 Å². The number of H-pyrrole nitrogens is 1. The first kappa shape index (κ1) is 16.6. The number of carbonyl (C=O) groups excluding carboxylic acids is 2. The van der Waals surface area contributed by atoms with E-state index in [1.54, 1.807) is 12.1 Å². The quantitative estimate of drug-likeness (QED) is 0.435. The minimum Gasteiger partial charge on any atom is -0.397 e. The van der Waals surface area contributed by atoms with Crippen molar-refractivity contribution in [3.63, 3.8) is 0 Å². The van der Waals surface area contributed by atoms with Crippen molar-refractivity contribution in [3.8, 4) is 0 Å². The molecule has 0 aliphatic rings. The Kier molecular flexibility index (Phi) is 4.70. The molecule has 1 heterocycles. The number of anilines is 2. The van der Waals surface area contributed by atoms with E-state index in [4.69, 9.17) is 5.73 Å². The lowest BCUT2D eigenvalue weighted by Gasteiger charge is -2.09. The molecule has 1 aromatic heterocycles. The SMILES string of the molecule is Cc1ccc(N)c(NC(=O)C(=O)NCCc2c[nH]c3ccccc23)c1. The van der Waals surface area contributed by atoms with Crippen LogP contribution in [0.3, 0.4) is 0 Å². The van der Waals surface area contributed by atoms with Crippen molar-refractivity contribution in [2.24, 2.45) is 0 Å². The Morgan fingerprint density at radius 2 is 1.92 bits per heavy atom. The van der Waals surface area contributed by atoms with Crippen LogP contribution in [0.15, 0.2) is 48.7 Å². The third kappa shape index (κ3) is 3.80. The topological polar surface area (TPSA) is 100 Å². The maximum atomic E-state index is 12.0. The second kappa shape index (κ2) is 7.09. The first-order valence-electron chi connectivity index (χ1n) is 8.05. The van der Waals surface area contributed by atoms with Gasteiger partial charge in [0.1, 0.15) is 0 Å². The van der Waals surface area contributed by atoms with Crippen molar-refractivity contribution in [3.05, 3.63) is 59.8 Å². The Bertz CT molecular complexity index is 930. The van der Waals surface area contributed by atoms with Gasteiger partial charge in [0.05, 0.1) is 11.4 Å². The molecular formula is C19H20N4O2. The summed E-state index contributed by atoms with van der Waals surface area (Å²) in [6.07, 6.45) is 2.56. The van der Waals surface area contributed by atoms with Crippen LogP contribution in [0.1, 0.15) is 11.1 Å². The molecule has 128 valence electrons. The summed E-state index contributed by atoms with van der Waals surface area (Å²) in [5.41, 5.74) is 9.77. The number of carbonyl (C=O) groups is 2. The number of amides is 2. The van der Waals surface area contributed by atoms with Gasteiger partial charge in [0.25, 0.3) is 0 Å². The molecular weight excluding hydrogens is 316 g/mol. The average Bonchev–Trinajstić information content (AvgIpc) is 3.01. The molecule has 0 aliphatic heterocycles. The number of para-hydroxylation sites is 1. The highest BCUT2D eigenvalue weighted by atomic mass is 16.2. The van der Waals surface area contributed by atoms with Crippen molar-refractivity contribution >= 4 is 34.1 Å². The molecule has 0 saturated carbocycles. The highest BCUT2D eigenvalue weighted by Gasteiger charge is 2.14. The molecule has 0 unspecified atom stereocenters. The Morgan fingerprint density at radius 1 is 1.12 bits per heavy atom. The molecule has 0 fully saturated rings. The minimum atomic E-state index is -0.726. The molecule has 0 spiro atoms. The molecule has 3 aromatic rings. The van der Waals surface area contributed by atoms with E-state index >= 15 is 0 Å². The van der Waals surface area contributed by atoms with E-state index in [0.29, 0.717) is 24.3 Å². The second-order valence-electron chi connectivity index (χ2n) is 5.91. The van der Waals surface area contributed by atoms with Crippen LogP contribution in [-0.2, 0) is 16.0 Å². The van der Waals surface area contributed by atoms with Gasteiger partial charge in [-0.3, -0.25) is 9.59 Å². The largest absolute Gasteiger partial charge is 0.397 e. The zero-order chi connectivity index (χ0) is 17.8. The van der Waals surface area contributed by atoms with E-state index in [0.717, 1.165) is 22.0 Å². The monoisotopic (exact) mass is 336 g/mol. The number of nitrogens with one attached hydrogen (secondary N) is 3. The standard InChI is InChI=1S/C19H20N4O2/c1-12-6-7-15(20)17(10-12)23-19(25)18(24)21-9-8-13-11-22-16-5-3-2-4-14(13)16/h2-7,10-11,22H,8-9,20H2,1H3,(H,21,24)(H,23,25). The Hall–Kier alpha value is -3.28. The van der Waals surface area contributed by atoms with E-state index in [1.807, 2.05) is 43.5 Å². The van der Waals surface area contributed by atoms with Crippen LogP contribution in [0.4, 0.5) is 11.4 Å². The summed E-state index contributed by atoms with van der Waals surface area (Å²) in [5.74, 6) is -1.41. The van der Waals surface area contributed by atoms with Gasteiger partial charge in [0, 0.05) is 23.6 Å². The van der Waals surface area contributed by atoms with Crippen molar-refractivity contribution in [1.82, 2.24) is 10.3 Å². The number of hydrogen-bond donors (Lipinski definition) is 4. The predicted octanol–water partition coefficient (Wildman–Crippen LogP) is 2.36. The Morgan fingerprint density at radius 3 is 2.76 bits per heavy atom. The van der Waals surface area contributed by atoms with Crippen LogP contribution in [0.2, 0.25) is 0 Å². The average molecular weight is 336 g/mol. The number of aromatic nitrogens is 1. The normalized spacial score (nSPS) is 10.6. The first-order valence-corrected chi connectivity index (χ1v) is 8.05. The number of benzene rings is 2. The van der Waals surface area contributed by atoms with Crippen LogP contribution >= 0.6 is 0 Å². The van der Waals surface area contributed by atoms with Gasteiger partial charge in [-0.25, -0.2) is 0 Å². The van der Waals surface area contributed by atoms with Crippen molar-refractivity contribution in [2.75, 3.05) is 17.6 Å². The smallest absolute Gasteiger partial charge is 0.313 e. The zero-order valence-electron chi connectivity index (χ0n) is 13.9. The van der Waals surface area contributed by atoms with E-state index < -0.39 is 11.8 Å². The van der Waals surface area contributed by atoms with Crippen molar-refractivity contribution in [1.29, 1.82) is 0 Å². The summed E-state index contributed by atoms with van der Waals surface area (Å²) < 4.78 is 0. The summed E-state index contributed by atoms with van der Waals surface area (Å²) in [7, 11) is 0. The molecule has 25 heavy (non-hydrogen) atoms. The second-order valence-corrected chi connectivity index (χ2v) is 5.91. The number of fused-ring (bicyclic) bond motifs is 1. The summed E-state index contributed by atoms with van der Waals surface area (Å²) in [4.78, 5) is 27.1. The number of aryl methyl sites for hydroxylation is 1. The number of nitrogens with two attached hydrogens (primary N) is 1. The Labute approximate surface area is 145 Å². The summed E-state index contributed by atoms with van der Waals surface area (Å²) in [6, 6.07) is 13.2. The van der Waals surface area contributed by atoms with Crippen molar-refractivity contribution < 1.29 is 9.59 Å². The fraction of sp³-hybridized carbons (Fsp3) is 0.158. The van der Waals surface area contributed by atoms with Gasteiger partial charge in [-0.1, -0.05) is 24.3 Å². The highest BCUT2D eigenvalue weighted by Crippen LogP contribution is 2.19. The van der Waals surface area contributed by atoms with E-state index in [-0.39, 0.29) is 0 Å². The number of hydrogen-bond acceptors (Lipinski definition) is 3. The van der Waals surface area contributed by atoms with Gasteiger partial charge in [0.15, 0.2) is 0 Å². The molecule has 0 radical (unpaired) electrons. The van der Waals surface area contributed by atoms with Crippen molar-refractivity contribution in [2.45, 2.75) is 13.3 Å². The molecule has 2 aromatic carbocycles. The van der Waals surface area contributed by atoms with Gasteiger partial charge in [-0.2, -0.15) is 0 Å². The van der Waals surface area contributed by atoms with Gasteiger partial charge in [0.2, 0.25) is 0 Å². The first-order chi connectivity index (χ1) is 12.0. The molecule has 2 amide bonds. The molecule has 6 nitrogen and oxygen atoms in total. The molecule has 6 heteroatoms. The molecule has 0 atom stereocenters. The van der Waals surface area contributed by atoms with Gasteiger partial charge < -0.3 is 21.4 Å². The summed E-state index contributed by atoms with van der Waals surface area (Å²) in [6.45, 7) is 2.26. The number of nitrogen functional groups attached to an aromatic ring is 1. The predicted molar refractivity (Wildman–Crippen MR) is 99.2 cm³/mol. The maximum Gasteiger partial charge on any atom is 0.313 e. The fourth-order valence-corrected chi connectivity index (χ4v) is 2.69. The molecule has 5 N–H and O–H groups in total. The van der Waals surface area contributed by atoms with Crippen LogP contribution in [0.5, 0.6) is 0 Å². The summed E-state index contributed by atoms with van der Waals surface area (Å²) >= 11 is 0. The van der Waals surface area contributed by atoms with Crippen LogP contribution in [0, 0.1) is 6.92 Å². The number of rotatable bonds is 4. The van der Waals surface area contributed by atoms with Gasteiger partial charge >= 0.3 is 11.8 Å². The zero-order valence-corrected chi connectivity index (χ0v) is 13.9. The lowest BCUT2D eigenvalue weighted by molar-refractivity contribution is -0.136. The van der Waals surface area contributed by atoms with Crippen LogP contribution < -0.4 is 16.4 Å². The van der Waals surface area contributed by atoms with Crippen LogP contribution in [-0.4, -0.2) is 23.3 Å². The van der Waals surface area contributed by atoms with Gasteiger partial charge in [-0.15, -0.1) is 0 Å².